The summed E-state index contributed by atoms with van der Waals surface area (Å²) in [6, 6.07) is 8.55. The van der Waals surface area contributed by atoms with Crippen molar-refractivity contribution in [3.8, 4) is 0 Å². The minimum absolute atomic E-state index is 0.180. The molecule has 0 atom stereocenters. The molecule has 0 unspecified atom stereocenters. The van der Waals surface area contributed by atoms with Crippen LogP contribution in [0.1, 0.15) is 45.1 Å². The number of likely N-dealkylation sites (tertiary alicyclic amines) is 1. The number of carbonyl (C=O) groups is 1. The first-order valence-corrected chi connectivity index (χ1v) is 7.40. The van der Waals surface area contributed by atoms with Gasteiger partial charge < -0.3 is 0 Å². The molecule has 1 fully saturated rings. The van der Waals surface area contributed by atoms with Crippen molar-refractivity contribution < 1.29 is 9.53 Å². The zero-order chi connectivity index (χ0) is 14.8. The van der Waals surface area contributed by atoms with Gasteiger partial charge >= 0.3 is 131 Å². The van der Waals surface area contributed by atoms with Crippen LogP contribution in [0.15, 0.2) is 24.3 Å². The summed E-state index contributed by atoms with van der Waals surface area (Å²) in [5.41, 5.74) is 1.01. The number of hydrogen-bond donors (Lipinski definition) is 0. The second kappa shape index (κ2) is 6.24. The normalized spacial score (nSPS) is 17.1. The molecule has 1 amide bonds. The molecular weight excluding hydrogens is 245 g/mol. The number of piperidine rings is 1. The van der Waals surface area contributed by atoms with Gasteiger partial charge in [0, 0.05) is 0 Å². The third-order valence-electron chi connectivity index (χ3n) is 3.77. The molecule has 20 heavy (non-hydrogen) atoms. The van der Waals surface area contributed by atoms with E-state index in [9.17, 15) is 4.79 Å². The monoisotopic (exact) mass is 267 g/mol. The van der Waals surface area contributed by atoms with Crippen molar-refractivity contribution in [3.05, 3.63) is 29.8 Å². The van der Waals surface area contributed by atoms with Gasteiger partial charge in [0.2, 0.25) is 0 Å². The zero-order valence-corrected chi connectivity index (χ0v) is 13.0. The van der Waals surface area contributed by atoms with Crippen LogP contribution in [0.5, 0.6) is 0 Å². The number of rotatable bonds is 1. The molecule has 0 bridgehead atoms. The van der Waals surface area contributed by atoms with Gasteiger partial charge in [0.05, 0.1) is 0 Å². The van der Waals surface area contributed by atoms with E-state index in [2.05, 4.69) is 42.0 Å². The van der Waals surface area contributed by atoms with E-state index in [0.717, 1.165) is 25.9 Å². The Morgan fingerprint density at radius 3 is 2.40 bits per heavy atom. The van der Waals surface area contributed by atoms with Gasteiger partial charge in [-0.25, -0.2) is 0 Å². The molecule has 0 aromatic heterocycles. The number of benzene rings is 1. The van der Waals surface area contributed by atoms with Crippen molar-refractivity contribution in [1.82, 2.24) is 4.90 Å². The van der Waals surface area contributed by atoms with Crippen molar-refractivity contribution in [2.75, 3.05) is 13.1 Å². The number of ether oxygens (including phenoxy) is 1. The first-order chi connectivity index (χ1) is 9.37. The molecule has 2 rings (SSSR count). The molecule has 4 heteroatoms. The molecule has 0 aliphatic carbocycles. The summed E-state index contributed by atoms with van der Waals surface area (Å²) in [6.07, 6.45) is 1.86. The Morgan fingerprint density at radius 1 is 1.25 bits per heavy atom. The Balaban J connectivity index is 1.93. The second-order valence-corrected chi connectivity index (χ2v) is 6.60. The van der Waals surface area contributed by atoms with Gasteiger partial charge in [-0.1, -0.05) is 0 Å². The van der Waals surface area contributed by atoms with Crippen molar-refractivity contribution in [2.24, 2.45) is 0 Å². The Kier molecular flexibility index (Phi) is 4.83. The van der Waals surface area contributed by atoms with E-state index in [1.807, 2.05) is 25.7 Å². The summed E-state index contributed by atoms with van der Waals surface area (Å²) >= 11 is 2.16. The molecule has 1 aromatic rings. The number of nitrogens with zero attached hydrogens (tertiary/aromatic N) is 1. The topological polar surface area (TPSA) is 29.5 Å². The molecular formula is C16H22LiNO2. The Morgan fingerprint density at radius 2 is 1.85 bits per heavy atom. The molecule has 1 aliphatic rings. The first kappa shape index (κ1) is 15.5. The van der Waals surface area contributed by atoms with Crippen molar-refractivity contribution >= 4 is 28.0 Å². The summed E-state index contributed by atoms with van der Waals surface area (Å²) in [5.74, 6) is 0.565. The molecule has 0 N–H and O–H groups in total. The first-order valence-electron chi connectivity index (χ1n) is 7.40. The zero-order valence-electron chi connectivity index (χ0n) is 13.0. The van der Waals surface area contributed by atoms with Crippen molar-refractivity contribution in [2.45, 2.75) is 45.1 Å². The van der Waals surface area contributed by atoms with Gasteiger partial charge in [-0.05, 0) is 0 Å². The molecule has 0 radical (unpaired) electrons. The van der Waals surface area contributed by atoms with Gasteiger partial charge in [0.1, 0.15) is 0 Å². The molecule has 1 saturated heterocycles. The van der Waals surface area contributed by atoms with E-state index in [4.69, 9.17) is 4.74 Å². The fraction of sp³-hybridized carbons (Fsp3) is 0.562. The average molecular weight is 267 g/mol. The molecule has 104 valence electrons. The maximum absolute atomic E-state index is 12.0. The summed E-state index contributed by atoms with van der Waals surface area (Å²) in [7, 11) is 0. The Labute approximate surface area is 130 Å². The van der Waals surface area contributed by atoms with Gasteiger partial charge in [0.25, 0.3) is 0 Å². The van der Waals surface area contributed by atoms with E-state index in [1.54, 1.807) is 0 Å². The predicted octanol–water partition coefficient (Wildman–Crippen LogP) is 2.59. The Bertz CT molecular complexity index is 474. The summed E-state index contributed by atoms with van der Waals surface area (Å²) in [5, 5.41) is 0. The van der Waals surface area contributed by atoms with Crippen LogP contribution in [-0.2, 0) is 4.74 Å². The van der Waals surface area contributed by atoms with Gasteiger partial charge in [0.15, 0.2) is 0 Å². The van der Waals surface area contributed by atoms with E-state index in [-0.39, 0.29) is 6.09 Å². The van der Waals surface area contributed by atoms with Crippen molar-refractivity contribution in [1.29, 1.82) is 0 Å². The van der Waals surface area contributed by atoms with E-state index < -0.39 is 5.60 Å². The van der Waals surface area contributed by atoms with E-state index in [1.165, 1.54) is 9.80 Å². The summed E-state index contributed by atoms with van der Waals surface area (Å²) < 4.78 is 6.78. The third-order valence-corrected chi connectivity index (χ3v) is 3.77. The van der Waals surface area contributed by atoms with Crippen LogP contribution in [-0.4, -0.2) is 47.4 Å². The molecule has 1 aliphatic heterocycles. The van der Waals surface area contributed by atoms with Crippen LogP contribution in [0, 0.1) is 0 Å². The number of hydrogen-bond acceptors (Lipinski definition) is 2. The molecule has 3 nitrogen and oxygen atoms in total. The predicted molar refractivity (Wildman–Crippen MR) is 81.6 cm³/mol. The van der Waals surface area contributed by atoms with Crippen LogP contribution in [0.25, 0.3) is 0 Å². The van der Waals surface area contributed by atoms with Crippen LogP contribution in [0.2, 0.25) is 0 Å². The van der Waals surface area contributed by atoms with Gasteiger partial charge in [-0.15, -0.1) is 0 Å². The summed E-state index contributed by atoms with van der Waals surface area (Å²) in [6.45, 7) is 7.29. The van der Waals surface area contributed by atoms with Crippen LogP contribution in [0.3, 0.4) is 0 Å². The maximum atomic E-state index is 12.0. The SMILES string of the molecule is [Li][c]1ccccc1C1CCN(C(=O)OC(C)(C)C)CC1. The molecule has 1 heterocycles. The second-order valence-electron chi connectivity index (χ2n) is 6.60. The van der Waals surface area contributed by atoms with E-state index >= 15 is 0 Å². The quantitative estimate of drug-likeness (QED) is 0.732. The number of amides is 1. The standard InChI is InChI=1S/C16H22NO2.Li/c1-16(2,3)19-15(18)17-11-9-14(10-12-17)13-7-5-4-6-8-13;/h4-7,14H,9-12H2,1-3H3;. The van der Waals surface area contributed by atoms with E-state index in [0.29, 0.717) is 5.92 Å². The molecule has 0 saturated carbocycles. The molecule has 1 aromatic carbocycles. The third kappa shape index (κ3) is 4.04. The van der Waals surface area contributed by atoms with Crippen LogP contribution < -0.4 is 4.24 Å². The van der Waals surface area contributed by atoms with Crippen molar-refractivity contribution in [3.63, 3.8) is 0 Å². The minimum atomic E-state index is -0.413. The van der Waals surface area contributed by atoms with Crippen LogP contribution >= 0.6 is 0 Å². The van der Waals surface area contributed by atoms with Gasteiger partial charge in [-0.2, -0.15) is 0 Å². The molecule has 0 spiro atoms. The fourth-order valence-electron chi connectivity index (χ4n) is 2.74. The van der Waals surface area contributed by atoms with Gasteiger partial charge in [-0.3, -0.25) is 0 Å². The van der Waals surface area contributed by atoms with Crippen LogP contribution in [0.4, 0.5) is 4.79 Å². The number of carbonyl (C=O) groups excluding carboxylic acids is 1. The summed E-state index contributed by atoms with van der Waals surface area (Å²) in [4.78, 5) is 13.9. The fourth-order valence-corrected chi connectivity index (χ4v) is 2.74. The average Bonchev–Trinajstić information content (AvgIpc) is 2.37. The Hall–Kier alpha value is -0.913.